The molecule has 0 amide bonds. The summed E-state index contributed by atoms with van der Waals surface area (Å²) in [5.74, 6) is 1.36. The van der Waals surface area contributed by atoms with Crippen molar-refractivity contribution in [3.05, 3.63) is 103 Å². The number of nitrogens with zero attached hydrogens (tertiary/aromatic N) is 3. The van der Waals surface area contributed by atoms with E-state index in [2.05, 4.69) is 6.07 Å². The van der Waals surface area contributed by atoms with Crippen LogP contribution in [0, 0.1) is 34.6 Å². The van der Waals surface area contributed by atoms with Crippen LogP contribution in [0.3, 0.4) is 0 Å². The molecule has 0 bridgehead atoms. The van der Waals surface area contributed by atoms with Crippen molar-refractivity contribution in [3.63, 3.8) is 0 Å². The van der Waals surface area contributed by atoms with Crippen LogP contribution in [0.15, 0.2) is 103 Å². The molecule has 0 spiro atoms. The van der Waals surface area contributed by atoms with Gasteiger partial charge in [0.2, 0.25) is 0 Å². The minimum absolute atomic E-state index is 0.432. The van der Waals surface area contributed by atoms with Crippen molar-refractivity contribution in [3.8, 4) is 58.3 Å². The first-order valence-electron chi connectivity index (χ1n) is 12.0. The van der Waals surface area contributed by atoms with Gasteiger partial charge in [0.05, 0.1) is 0 Å². The summed E-state index contributed by atoms with van der Waals surface area (Å²) in [4.78, 5) is 0. The summed E-state index contributed by atoms with van der Waals surface area (Å²) in [6.45, 7) is 0. The van der Waals surface area contributed by atoms with Crippen LogP contribution in [0.5, 0.6) is 17.2 Å². The lowest BCUT2D eigenvalue weighted by Gasteiger charge is -2.17. The average molecular weight is 504 g/mol. The molecule has 0 saturated heterocycles. The first-order valence-corrected chi connectivity index (χ1v) is 12.0. The summed E-state index contributed by atoms with van der Waals surface area (Å²) in [6.07, 6.45) is 5.32. The van der Waals surface area contributed by atoms with Gasteiger partial charge in [0.15, 0.2) is 5.75 Å². The van der Waals surface area contributed by atoms with E-state index < -0.39 is 0 Å². The molecule has 0 aliphatic rings. The first kappa shape index (κ1) is 23.4. The van der Waals surface area contributed by atoms with E-state index in [1.54, 1.807) is 30.7 Å². The summed E-state index contributed by atoms with van der Waals surface area (Å²) in [5.41, 5.74) is 3.66. The zero-order valence-electron chi connectivity index (χ0n) is 20.4. The minimum Gasteiger partial charge on any atom is -0.388 e. The fourth-order valence-electron chi connectivity index (χ4n) is 5.21. The maximum Gasteiger partial charge on any atom is 0.292 e. The number of rotatable bonds is 5. The summed E-state index contributed by atoms with van der Waals surface area (Å²) < 4.78 is 15.8. The third-order valence-electron chi connectivity index (χ3n) is 6.80. The van der Waals surface area contributed by atoms with Crippen LogP contribution in [0.25, 0.3) is 54.6 Å². The summed E-state index contributed by atoms with van der Waals surface area (Å²) in [6, 6.07) is 32.7. The SMILES string of the molecule is N#COc1ccc2cccc(-c3ccc(-c4ccc(OC#N)c5ccccc45)c4c(OC#N)cccc34)c2c1. The molecule has 0 atom stereocenters. The maximum absolute atomic E-state index is 9.46. The number of fused-ring (bicyclic) bond motifs is 3. The van der Waals surface area contributed by atoms with Crippen molar-refractivity contribution in [2.75, 3.05) is 0 Å². The number of nitriles is 3. The van der Waals surface area contributed by atoms with Crippen LogP contribution >= 0.6 is 0 Å². The van der Waals surface area contributed by atoms with Gasteiger partial charge in [-0.1, -0.05) is 72.8 Å². The molecule has 39 heavy (non-hydrogen) atoms. The largest absolute Gasteiger partial charge is 0.388 e. The molecule has 6 nitrogen and oxygen atoms in total. The van der Waals surface area contributed by atoms with Gasteiger partial charge in [-0.2, -0.15) is 0 Å². The Bertz CT molecular complexity index is 2050. The third kappa shape index (κ3) is 3.98. The molecular formula is C33H17N3O3. The van der Waals surface area contributed by atoms with Crippen LogP contribution < -0.4 is 14.2 Å². The highest BCUT2D eigenvalue weighted by molar-refractivity contribution is 6.14. The first-order chi connectivity index (χ1) is 19.2. The Labute approximate surface area is 223 Å². The Morgan fingerprint density at radius 2 is 1.08 bits per heavy atom. The van der Waals surface area contributed by atoms with Gasteiger partial charge >= 0.3 is 0 Å². The van der Waals surface area contributed by atoms with Gasteiger partial charge in [0.1, 0.15) is 11.5 Å². The van der Waals surface area contributed by atoms with Gasteiger partial charge in [-0.05, 0) is 74.1 Å². The number of benzene rings is 6. The molecule has 6 aromatic carbocycles. The predicted molar refractivity (Wildman–Crippen MR) is 149 cm³/mol. The Morgan fingerprint density at radius 3 is 1.90 bits per heavy atom. The molecule has 0 aliphatic heterocycles. The van der Waals surface area contributed by atoms with Crippen molar-refractivity contribution in [2.45, 2.75) is 0 Å². The summed E-state index contributed by atoms with van der Waals surface area (Å²) in [5, 5.41) is 32.9. The standard InChI is InChI=1S/C33H17N3O3/c34-18-37-22-12-11-21-5-3-8-24(30(21)17-22)25-13-14-29(33-28(25)9-4-10-32(33)39-20-36)26-15-16-31(38-19-35)27-7-2-1-6-23(26)27/h1-17H. The fourth-order valence-corrected chi connectivity index (χ4v) is 5.21. The zero-order chi connectivity index (χ0) is 26.8. The van der Waals surface area contributed by atoms with Crippen LogP contribution in [-0.4, -0.2) is 0 Å². The molecule has 0 unspecified atom stereocenters. The Hall–Kier alpha value is -6.03. The van der Waals surface area contributed by atoms with Crippen LogP contribution in [0.2, 0.25) is 0 Å². The average Bonchev–Trinajstić information content (AvgIpc) is 2.97. The topological polar surface area (TPSA) is 99.1 Å². The third-order valence-corrected chi connectivity index (χ3v) is 6.80. The fraction of sp³-hybridized carbons (Fsp3) is 0. The second-order valence-corrected chi connectivity index (χ2v) is 8.76. The molecule has 0 N–H and O–H groups in total. The van der Waals surface area contributed by atoms with Gasteiger partial charge in [0, 0.05) is 10.8 Å². The lowest BCUT2D eigenvalue weighted by atomic mass is 9.88. The maximum atomic E-state index is 9.46. The van der Waals surface area contributed by atoms with E-state index in [4.69, 9.17) is 24.7 Å². The van der Waals surface area contributed by atoms with E-state index >= 15 is 0 Å². The van der Waals surface area contributed by atoms with Crippen molar-refractivity contribution in [1.82, 2.24) is 0 Å². The number of hydrogen-bond donors (Lipinski definition) is 0. The second kappa shape index (κ2) is 9.79. The van der Waals surface area contributed by atoms with E-state index in [1.807, 2.05) is 85.1 Å². The molecular weight excluding hydrogens is 486 g/mol. The molecule has 0 fully saturated rings. The lowest BCUT2D eigenvalue weighted by molar-refractivity contribution is 0.508. The molecule has 182 valence electrons. The molecule has 0 aromatic heterocycles. The van der Waals surface area contributed by atoms with Crippen LogP contribution in [0.4, 0.5) is 0 Å². The molecule has 0 radical (unpaired) electrons. The van der Waals surface area contributed by atoms with E-state index in [-0.39, 0.29) is 0 Å². The van der Waals surface area contributed by atoms with E-state index in [9.17, 15) is 5.26 Å². The highest BCUT2D eigenvalue weighted by Gasteiger charge is 2.18. The smallest absolute Gasteiger partial charge is 0.292 e. The molecule has 0 aliphatic carbocycles. The number of hydrogen-bond acceptors (Lipinski definition) is 6. The molecule has 6 rings (SSSR count). The highest BCUT2D eigenvalue weighted by Crippen LogP contribution is 2.45. The van der Waals surface area contributed by atoms with E-state index in [0.717, 1.165) is 54.6 Å². The van der Waals surface area contributed by atoms with Crippen molar-refractivity contribution in [1.29, 1.82) is 15.8 Å². The van der Waals surface area contributed by atoms with Crippen molar-refractivity contribution >= 4 is 32.3 Å². The lowest BCUT2D eigenvalue weighted by Crippen LogP contribution is -1.93. The molecule has 0 heterocycles. The molecule has 0 saturated carbocycles. The summed E-state index contributed by atoms with van der Waals surface area (Å²) >= 11 is 0. The van der Waals surface area contributed by atoms with E-state index in [0.29, 0.717) is 17.2 Å². The summed E-state index contributed by atoms with van der Waals surface area (Å²) in [7, 11) is 0. The second-order valence-electron chi connectivity index (χ2n) is 8.76. The van der Waals surface area contributed by atoms with Gasteiger partial charge in [0.25, 0.3) is 18.8 Å². The highest BCUT2D eigenvalue weighted by atomic mass is 16.5. The van der Waals surface area contributed by atoms with Gasteiger partial charge in [-0.15, -0.1) is 15.8 Å². The van der Waals surface area contributed by atoms with Gasteiger partial charge in [-0.3, -0.25) is 0 Å². The normalized spacial score (nSPS) is 10.5. The zero-order valence-corrected chi connectivity index (χ0v) is 20.4. The minimum atomic E-state index is 0.432. The van der Waals surface area contributed by atoms with Crippen LogP contribution in [0.1, 0.15) is 0 Å². The van der Waals surface area contributed by atoms with Crippen molar-refractivity contribution in [2.24, 2.45) is 0 Å². The monoisotopic (exact) mass is 503 g/mol. The van der Waals surface area contributed by atoms with Gasteiger partial charge < -0.3 is 14.2 Å². The Morgan fingerprint density at radius 1 is 0.436 bits per heavy atom. The van der Waals surface area contributed by atoms with E-state index in [1.165, 1.54) is 0 Å². The quantitative estimate of drug-likeness (QED) is 0.221. The molecule has 6 heteroatoms. The van der Waals surface area contributed by atoms with Crippen LogP contribution in [-0.2, 0) is 0 Å². The predicted octanol–water partition coefficient (Wildman–Crippen LogP) is 8.06. The Kier molecular flexibility index (Phi) is 5.87. The van der Waals surface area contributed by atoms with Gasteiger partial charge in [-0.25, -0.2) is 0 Å². The Balaban J connectivity index is 1.68. The number of ether oxygens (including phenoxy) is 3. The molecule has 6 aromatic rings. The van der Waals surface area contributed by atoms with Crippen molar-refractivity contribution < 1.29 is 14.2 Å².